The third kappa shape index (κ3) is 2.05. The average molecular weight is 273 g/mol. The lowest BCUT2D eigenvalue weighted by Crippen LogP contribution is -2.46. The van der Waals surface area contributed by atoms with Crippen molar-refractivity contribution in [2.24, 2.45) is 5.41 Å². The summed E-state index contributed by atoms with van der Waals surface area (Å²) in [6.45, 7) is 4.16. The van der Waals surface area contributed by atoms with Crippen LogP contribution in [0.15, 0.2) is 30.3 Å². The molecule has 2 heterocycles. The van der Waals surface area contributed by atoms with E-state index in [-0.39, 0.29) is 23.5 Å². The van der Waals surface area contributed by atoms with E-state index in [0.29, 0.717) is 6.10 Å². The first-order chi connectivity index (χ1) is 9.52. The Bertz CT molecular complexity index is 501. The molecule has 4 atom stereocenters. The fourth-order valence-electron chi connectivity index (χ4n) is 3.69. The van der Waals surface area contributed by atoms with Crippen molar-refractivity contribution < 1.29 is 9.53 Å². The Labute approximate surface area is 120 Å². The van der Waals surface area contributed by atoms with Crippen molar-refractivity contribution in [1.29, 1.82) is 0 Å². The molecule has 2 aliphatic rings. The van der Waals surface area contributed by atoms with Gasteiger partial charge in [-0.1, -0.05) is 30.3 Å². The van der Waals surface area contributed by atoms with Crippen molar-refractivity contribution in [3.8, 4) is 0 Å². The number of ether oxygens (including phenoxy) is 1. The van der Waals surface area contributed by atoms with Crippen LogP contribution in [0, 0.1) is 5.41 Å². The second kappa shape index (κ2) is 4.88. The van der Waals surface area contributed by atoms with E-state index in [1.54, 1.807) is 0 Å². The first-order valence-corrected chi connectivity index (χ1v) is 7.50. The molecule has 0 aromatic heterocycles. The lowest BCUT2D eigenvalue weighted by Gasteiger charge is -2.36. The molecular formula is C17H23NO2. The fourth-order valence-corrected chi connectivity index (χ4v) is 3.69. The average Bonchev–Trinajstić information content (AvgIpc) is 3.06. The van der Waals surface area contributed by atoms with Crippen molar-refractivity contribution in [3.05, 3.63) is 35.9 Å². The lowest BCUT2D eigenvalue weighted by atomic mass is 9.74. The van der Waals surface area contributed by atoms with Crippen molar-refractivity contribution in [2.45, 2.75) is 51.4 Å². The van der Waals surface area contributed by atoms with Crippen molar-refractivity contribution in [2.75, 3.05) is 7.05 Å². The van der Waals surface area contributed by atoms with Crippen LogP contribution in [0.5, 0.6) is 0 Å². The van der Waals surface area contributed by atoms with Crippen LogP contribution in [0.2, 0.25) is 0 Å². The fraction of sp³-hybridized carbons (Fsp3) is 0.588. The van der Waals surface area contributed by atoms with Gasteiger partial charge in [-0.3, -0.25) is 4.79 Å². The maximum absolute atomic E-state index is 12.9. The van der Waals surface area contributed by atoms with Crippen LogP contribution in [0.1, 0.15) is 44.7 Å². The van der Waals surface area contributed by atoms with E-state index < -0.39 is 0 Å². The highest BCUT2D eigenvalue weighted by atomic mass is 16.5. The van der Waals surface area contributed by atoms with E-state index >= 15 is 0 Å². The third-order valence-electron chi connectivity index (χ3n) is 5.14. The molecule has 3 nitrogen and oxygen atoms in total. The third-order valence-corrected chi connectivity index (χ3v) is 5.14. The number of rotatable bonds is 3. The minimum Gasteiger partial charge on any atom is -0.374 e. The molecule has 1 aromatic rings. The summed E-state index contributed by atoms with van der Waals surface area (Å²) in [7, 11) is 1.91. The quantitative estimate of drug-likeness (QED) is 0.846. The zero-order valence-corrected chi connectivity index (χ0v) is 12.5. The van der Waals surface area contributed by atoms with Crippen LogP contribution in [0.3, 0.4) is 0 Å². The number of nitrogens with zero attached hydrogens (tertiary/aromatic N) is 1. The van der Waals surface area contributed by atoms with Gasteiger partial charge < -0.3 is 9.64 Å². The van der Waals surface area contributed by atoms with Gasteiger partial charge in [0.2, 0.25) is 5.91 Å². The Kier molecular flexibility index (Phi) is 3.33. The Morgan fingerprint density at radius 3 is 2.60 bits per heavy atom. The summed E-state index contributed by atoms with van der Waals surface area (Å²) in [4.78, 5) is 14.8. The van der Waals surface area contributed by atoms with Crippen LogP contribution in [-0.4, -0.2) is 30.1 Å². The molecule has 2 aliphatic heterocycles. The summed E-state index contributed by atoms with van der Waals surface area (Å²) < 4.78 is 5.90. The molecular weight excluding hydrogens is 250 g/mol. The van der Waals surface area contributed by atoms with Crippen LogP contribution in [0.25, 0.3) is 0 Å². The van der Waals surface area contributed by atoms with Gasteiger partial charge in [-0.05, 0) is 38.7 Å². The first kappa shape index (κ1) is 13.6. The summed E-state index contributed by atoms with van der Waals surface area (Å²) in [6, 6.07) is 10.3. The highest BCUT2D eigenvalue weighted by Gasteiger charge is 2.54. The summed E-state index contributed by atoms with van der Waals surface area (Å²) >= 11 is 0. The second-order valence-corrected chi connectivity index (χ2v) is 6.45. The molecule has 1 amide bonds. The first-order valence-electron chi connectivity index (χ1n) is 7.50. The minimum atomic E-state index is -0.333. The van der Waals surface area contributed by atoms with E-state index in [0.717, 1.165) is 19.3 Å². The molecule has 3 rings (SSSR count). The molecule has 2 bridgehead atoms. The maximum atomic E-state index is 12.9. The Morgan fingerprint density at radius 2 is 2.05 bits per heavy atom. The van der Waals surface area contributed by atoms with Gasteiger partial charge in [0.25, 0.3) is 0 Å². The standard InChI is InChI=1S/C17H23NO2/c1-12(13-7-5-4-6-8-13)18(3)16(19)17(2)11-14-9-10-15(17)20-14/h4-8,12,14-15H,9-11H2,1-3H3. The predicted molar refractivity (Wildman–Crippen MR) is 78.2 cm³/mol. The highest BCUT2D eigenvalue weighted by molar-refractivity contribution is 5.83. The van der Waals surface area contributed by atoms with E-state index in [2.05, 4.69) is 26.0 Å². The topological polar surface area (TPSA) is 29.5 Å². The SMILES string of the molecule is CC(c1ccccc1)N(C)C(=O)C1(C)CC2CCC1O2. The molecule has 2 fully saturated rings. The minimum absolute atomic E-state index is 0.0969. The Hall–Kier alpha value is -1.35. The number of fused-ring (bicyclic) bond motifs is 2. The van der Waals surface area contributed by atoms with E-state index in [4.69, 9.17) is 4.74 Å². The van der Waals surface area contributed by atoms with E-state index in [1.165, 1.54) is 5.56 Å². The van der Waals surface area contributed by atoms with Gasteiger partial charge in [0.15, 0.2) is 0 Å². The number of hydrogen-bond acceptors (Lipinski definition) is 2. The zero-order chi connectivity index (χ0) is 14.3. The molecule has 1 aromatic carbocycles. The Balaban J connectivity index is 1.77. The van der Waals surface area contributed by atoms with Gasteiger partial charge in [-0.2, -0.15) is 0 Å². The summed E-state index contributed by atoms with van der Waals surface area (Å²) in [5, 5.41) is 0. The van der Waals surface area contributed by atoms with Gasteiger partial charge in [-0.15, -0.1) is 0 Å². The van der Waals surface area contributed by atoms with Gasteiger partial charge in [-0.25, -0.2) is 0 Å². The van der Waals surface area contributed by atoms with E-state index in [9.17, 15) is 4.79 Å². The van der Waals surface area contributed by atoms with Crippen LogP contribution in [0.4, 0.5) is 0 Å². The molecule has 0 radical (unpaired) electrons. The van der Waals surface area contributed by atoms with Crippen molar-refractivity contribution >= 4 is 5.91 Å². The number of carbonyl (C=O) groups is 1. The highest BCUT2D eigenvalue weighted by Crippen LogP contribution is 2.48. The number of benzene rings is 1. The van der Waals surface area contributed by atoms with Gasteiger partial charge >= 0.3 is 0 Å². The van der Waals surface area contributed by atoms with Crippen LogP contribution >= 0.6 is 0 Å². The van der Waals surface area contributed by atoms with Crippen molar-refractivity contribution in [3.63, 3.8) is 0 Å². The van der Waals surface area contributed by atoms with E-state index in [1.807, 2.05) is 30.1 Å². The van der Waals surface area contributed by atoms with Gasteiger partial charge in [0.05, 0.1) is 23.7 Å². The maximum Gasteiger partial charge on any atom is 0.231 e. The summed E-state index contributed by atoms with van der Waals surface area (Å²) in [5.41, 5.74) is 0.844. The smallest absolute Gasteiger partial charge is 0.231 e. The molecule has 4 unspecified atom stereocenters. The van der Waals surface area contributed by atoms with Gasteiger partial charge in [0, 0.05) is 7.05 Å². The molecule has 0 saturated carbocycles. The second-order valence-electron chi connectivity index (χ2n) is 6.45. The monoisotopic (exact) mass is 273 g/mol. The van der Waals surface area contributed by atoms with Gasteiger partial charge in [0.1, 0.15) is 0 Å². The summed E-state index contributed by atoms with van der Waals surface area (Å²) in [6.07, 6.45) is 3.44. The number of amides is 1. The van der Waals surface area contributed by atoms with Crippen molar-refractivity contribution in [1.82, 2.24) is 4.90 Å². The predicted octanol–water partition coefficient (Wildman–Crippen LogP) is 3.16. The number of hydrogen-bond donors (Lipinski definition) is 0. The lowest BCUT2D eigenvalue weighted by molar-refractivity contribution is -0.144. The number of carbonyl (C=O) groups excluding carboxylic acids is 1. The molecule has 0 aliphatic carbocycles. The normalized spacial score (nSPS) is 33.1. The molecule has 20 heavy (non-hydrogen) atoms. The molecule has 2 saturated heterocycles. The molecule has 0 spiro atoms. The molecule has 0 N–H and O–H groups in total. The molecule has 3 heteroatoms. The van der Waals surface area contributed by atoms with Crippen LogP contribution in [-0.2, 0) is 9.53 Å². The van der Waals surface area contributed by atoms with Crippen LogP contribution < -0.4 is 0 Å². The Morgan fingerprint density at radius 1 is 1.35 bits per heavy atom. The largest absolute Gasteiger partial charge is 0.374 e. The molecule has 108 valence electrons. The summed E-state index contributed by atoms with van der Waals surface area (Å²) in [5.74, 6) is 0.223. The zero-order valence-electron chi connectivity index (χ0n) is 12.5.